The van der Waals surface area contributed by atoms with E-state index in [1.54, 1.807) is 0 Å². The Balaban J connectivity index is 1.82. The summed E-state index contributed by atoms with van der Waals surface area (Å²) in [5.41, 5.74) is 13.6. The minimum absolute atomic E-state index is 0.223. The highest BCUT2D eigenvalue weighted by atomic mass is 15.0. The summed E-state index contributed by atoms with van der Waals surface area (Å²) in [7, 11) is 0. The Hall–Kier alpha value is -4.87. The molecule has 5 rings (SSSR count). The molecular formula is C29H21N5. The second-order valence-electron chi connectivity index (χ2n) is 8.14. The van der Waals surface area contributed by atoms with Crippen molar-refractivity contribution in [3.05, 3.63) is 107 Å². The normalized spacial score (nSPS) is 10.7. The molecule has 0 saturated heterocycles. The van der Waals surface area contributed by atoms with Crippen LogP contribution in [-0.4, -0.2) is 9.55 Å². The molecule has 0 aliphatic carbocycles. The van der Waals surface area contributed by atoms with E-state index < -0.39 is 0 Å². The SMILES string of the molecule is Cc1nc(N)c(C#N)c(-c2cn(Cc3ccccc3C#N)c3ccccc23)c1-c1ccccc1. The molecule has 162 valence electrons. The second-order valence-corrected chi connectivity index (χ2v) is 8.14. The summed E-state index contributed by atoms with van der Waals surface area (Å²) in [5, 5.41) is 20.7. The molecule has 0 aliphatic heterocycles. The summed E-state index contributed by atoms with van der Waals surface area (Å²) in [5.74, 6) is 0.223. The molecule has 0 spiro atoms. The molecule has 0 fully saturated rings. The lowest BCUT2D eigenvalue weighted by Crippen LogP contribution is -2.03. The van der Waals surface area contributed by atoms with Crippen LogP contribution in [0.5, 0.6) is 0 Å². The largest absolute Gasteiger partial charge is 0.383 e. The van der Waals surface area contributed by atoms with Gasteiger partial charge in [0.25, 0.3) is 0 Å². The molecule has 0 amide bonds. The number of nitrogens with zero attached hydrogens (tertiary/aromatic N) is 4. The van der Waals surface area contributed by atoms with Gasteiger partial charge in [-0.2, -0.15) is 10.5 Å². The van der Waals surface area contributed by atoms with E-state index in [4.69, 9.17) is 5.73 Å². The zero-order chi connectivity index (χ0) is 23.7. The van der Waals surface area contributed by atoms with Gasteiger partial charge in [-0.15, -0.1) is 0 Å². The van der Waals surface area contributed by atoms with Crippen molar-refractivity contribution < 1.29 is 0 Å². The van der Waals surface area contributed by atoms with Crippen molar-refractivity contribution in [2.45, 2.75) is 13.5 Å². The number of aryl methyl sites for hydroxylation is 1. The quantitative estimate of drug-likeness (QED) is 0.369. The van der Waals surface area contributed by atoms with Gasteiger partial charge in [-0.05, 0) is 30.2 Å². The minimum atomic E-state index is 0.223. The van der Waals surface area contributed by atoms with Crippen LogP contribution in [0, 0.1) is 29.6 Å². The van der Waals surface area contributed by atoms with E-state index in [1.807, 2.05) is 73.7 Å². The molecule has 0 atom stereocenters. The fourth-order valence-electron chi connectivity index (χ4n) is 4.59. The number of aromatic nitrogens is 2. The number of anilines is 1. The summed E-state index contributed by atoms with van der Waals surface area (Å²) in [4.78, 5) is 4.50. The highest BCUT2D eigenvalue weighted by molar-refractivity contribution is 6.03. The molecule has 5 nitrogen and oxygen atoms in total. The number of para-hydroxylation sites is 1. The minimum Gasteiger partial charge on any atom is -0.383 e. The van der Waals surface area contributed by atoms with Crippen LogP contribution in [-0.2, 0) is 6.54 Å². The number of benzene rings is 3. The monoisotopic (exact) mass is 439 g/mol. The Morgan fingerprint density at radius 1 is 0.853 bits per heavy atom. The molecular weight excluding hydrogens is 418 g/mol. The zero-order valence-electron chi connectivity index (χ0n) is 18.7. The van der Waals surface area contributed by atoms with Crippen LogP contribution in [0.1, 0.15) is 22.4 Å². The van der Waals surface area contributed by atoms with Gasteiger partial charge in [-0.1, -0.05) is 66.7 Å². The van der Waals surface area contributed by atoms with Crippen LogP contribution in [0.4, 0.5) is 5.82 Å². The van der Waals surface area contributed by atoms with Gasteiger partial charge in [0.2, 0.25) is 0 Å². The van der Waals surface area contributed by atoms with Crippen LogP contribution in [0.2, 0.25) is 0 Å². The lowest BCUT2D eigenvalue weighted by atomic mass is 9.90. The van der Waals surface area contributed by atoms with E-state index >= 15 is 0 Å². The van der Waals surface area contributed by atoms with Gasteiger partial charge >= 0.3 is 0 Å². The van der Waals surface area contributed by atoms with E-state index in [9.17, 15) is 10.5 Å². The first kappa shape index (κ1) is 21.0. The Bertz CT molecular complexity index is 1610. The van der Waals surface area contributed by atoms with E-state index in [1.165, 1.54) is 0 Å². The van der Waals surface area contributed by atoms with Gasteiger partial charge in [0.1, 0.15) is 17.5 Å². The Morgan fingerprint density at radius 3 is 2.32 bits per heavy atom. The summed E-state index contributed by atoms with van der Waals surface area (Å²) < 4.78 is 2.13. The van der Waals surface area contributed by atoms with Gasteiger partial charge in [-0.3, -0.25) is 0 Å². The van der Waals surface area contributed by atoms with Gasteiger partial charge in [0.05, 0.1) is 11.6 Å². The Morgan fingerprint density at radius 2 is 1.56 bits per heavy atom. The summed E-state index contributed by atoms with van der Waals surface area (Å²) >= 11 is 0. The smallest absolute Gasteiger partial charge is 0.142 e. The van der Waals surface area contributed by atoms with Gasteiger partial charge in [0, 0.05) is 46.0 Å². The lowest BCUT2D eigenvalue weighted by molar-refractivity contribution is 0.835. The molecule has 0 radical (unpaired) electrons. The van der Waals surface area contributed by atoms with Crippen molar-refractivity contribution in [2.24, 2.45) is 0 Å². The maximum atomic E-state index is 10.1. The highest BCUT2D eigenvalue weighted by Crippen LogP contribution is 2.42. The van der Waals surface area contributed by atoms with Crippen molar-refractivity contribution in [1.29, 1.82) is 10.5 Å². The number of rotatable bonds is 4. The standard InChI is InChI=1S/C29H21N5/c1-19-27(20-9-3-2-4-10-20)28(24(16-31)29(32)33-19)25-18-34(26-14-8-7-13-23(25)26)17-22-12-6-5-11-21(22)15-30/h2-14,18H,17H2,1H3,(H2,32,33). The first-order valence-corrected chi connectivity index (χ1v) is 10.9. The van der Waals surface area contributed by atoms with E-state index in [0.29, 0.717) is 17.7 Å². The van der Waals surface area contributed by atoms with Crippen molar-refractivity contribution in [2.75, 3.05) is 5.73 Å². The van der Waals surface area contributed by atoms with Gasteiger partial charge in [-0.25, -0.2) is 4.98 Å². The topological polar surface area (TPSA) is 91.4 Å². The Kier molecular flexibility index (Phi) is 5.30. The zero-order valence-corrected chi connectivity index (χ0v) is 18.7. The molecule has 0 aliphatic rings. The fraction of sp³-hybridized carbons (Fsp3) is 0.0690. The molecule has 34 heavy (non-hydrogen) atoms. The fourth-order valence-corrected chi connectivity index (χ4v) is 4.59. The molecule has 0 saturated carbocycles. The molecule has 0 bridgehead atoms. The third kappa shape index (κ3) is 3.46. The number of pyridine rings is 1. The molecule has 0 unspecified atom stereocenters. The van der Waals surface area contributed by atoms with E-state index in [2.05, 4.69) is 40.0 Å². The first-order chi connectivity index (χ1) is 16.6. The average Bonchev–Trinajstić information content (AvgIpc) is 3.22. The molecule has 2 N–H and O–H groups in total. The summed E-state index contributed by atoms with van der Waals surface area (Å²) in [6.07, 6.45) is 2.06. The highest BCUT2D eigenvalue weighted by Gasteiger charge is 2.23. The molecule has 5 heteroatoms. The third-order valence-electron chi connectivity index (χ3n) is 6.12. The Labute approximate surface area is 198 Å². The second kappa shape index (κ2) is 8.58. The van der Waals surface area contributed by atoms with Crippen molar-refractivity contribution in [3.8, 4) is 34.4 Å². The van der Waals surface area contributed by atoms with Gasteiger partial charge < -0.3 is 10.3 Å². The number of nitrogen functional groups attached to an aromatic ring is 1. The average molecular weight is 440 g/mol. The van der Waals surface area contributed by atoms with Crippen LogP contribution < -0.4 is 5.73 Å². The predicted octanol–water partition coefficient (Wildman–Crippen LogP) is 6.05. The maximum Gasteiger partial charge on any atom is 0.142 e. The summed E-state index contributed by atoms with van der Waals surface area (Å²) in [6, 6.07) is 30.3. The number of nitriles is 2. The van der Waals surface area contributed by atoms with Crippen molar-refractivity contribution >= 4 is 16.7 Å². The van der Waals surface area contributed by atoms with Crippen molar-refractivity contribution in [1.82, 2.24) is 9.55 Å². The number of hydrogen-bond donors (Lipinski definition) is 1. The molecule has 5 aromatic rings. The first-order valence-electron chi connectivity index (χ1n) is 10.9. The van der Waals surface area contributed by atoms with Crippen molar-refractivity contribution in [3.63, 3.8) is 0 Å². The van der Waals surface area contributed by atoms with Gasteiger partial charge in [0.15, 0.2) is 0 Å². The summed E-state index contributed by atoms with van der Waals surface area (Å²) in [6.45, 7) is 2.46. The van der Waals surface area contributed by atoms with Crippen LogP contribution in [0.15, 0.2) is 85.1 Å². The maximum absolute atomic E-state index is 10.1. The molecule has 2 heterocycles. The third-order valence-corrected chi connectivity index (χ3v) is 6.12. The predicted molar refractivity (Wildman–Crippen MR) is 135 cm³/mol. The number of hydrogen-bond acceptors (Lipinski definition) is 4. The molecule has 2 aromatic heterocycles. The van der Waals surface area contributed by atoms with Crippen LogP contribution in [0.25, 0.3) is 33.2 Å². The molecule has 3 aromatic carbocycles. The van der Waals surface area contributed by atoms with E-state index in [-0.39, 0.29) is 5.82 Å². The van der Waals surface area contributed by atoms with Crippen LogP contribution in [0.3, 0.4) is 0 Å². The number of fused-ring (bicyclic) bond motifs is 1. The van der Waals surface area contributed by atoms with E-state index in [0.717, 1.165) is 44.4 Å². The lowest BCUT2D eigenvalue weighted by Gasteiger charge is -2.15. The number of nitrogens with two attached hydrogens (primary N) is 1. The van der Waals surface area contributed by atoms with Crippen LogP contribution >= 0.6 is 0 Å².